The van der Waals surface area contributed by atoms with Crippen LogP contribution in [0.4, 0.5) is 5.95 Å². The lowest BCUT2D eigenvalue weighted by Gasteiger charge is -2.23. The molecule has 1 N–H and O–H groups in total. The number of aryl methyl sites for hydroxylation is 1. The Bertz CT molecular complexity index is 273. The smallest absolute Gasteiger partial charge is 0.202 e. The van der Waals surface area contributed by atoms with E-state index >= 15 is 0 Å². The van der Waals surface area contributed by atoms with Crippen LogP contribution < -0.4 is 4.90 Å². The number of aromatic amines is 1. The summed E-state index contributed by atoms with van der Waals surface area (Å²) in [6.07, 6.45) is 7.26. The molecule has 1 heterocycles. The highest BCUT2D eigenvalue weighted by molar-refractivity contribution is 5.31. The predicted molar refractivity (Wildman–Crippen MR) is 54.0 cm³/mol. The van der Waals surface area contributed by atoms with Gasteiger partial charge in [0.05, 0.1) is 0 Å². The maximum absolute atomic E-state index is 4.33. The van der Waals surface area contributed by atoms with E-state index in [1.165, 1.54) is 25.7 Å². The lowest BCUT2D eigenvalue weighted by molar-refractivity contribution is 0.641. The molecule has 1 aliphatic rings. The molecule has 0 radical (unpaired) electrons. The lowest BCUT2D eigenvalue weighted by Crippen LogP contribution is -2.29. The van der Waals surface area contributed by atoms with E-state index in [1.807, 2.05) is 13.1 Å². The van der Waals surface area contributed by atoms with Crippen LogP contribution in [0.15, 0.2) is 6.20 Å². The Morgan fingerprint density at radius 2 is 2.15 bits per heavy atom. The van der Waals surface area contributed by atoms with E-state index in [0.29, 0.717) is 6.04 Å². The van der Waals surface area contributed by atoms with Crippen molar-refractivity contribution < 1.29 is 0 Å². The van der Waals surface area contributed by atoms with E-state index in [-0.39, 0.29) is 0 Å². The first-order valence-corrected chi connectivity index (χ1v) is 5.02. The maximum atomic E-state index is 4.33. The first-order valence-electron chi connectivity index (χ1n) is 5.02. The number of aromatic nitrogens is 2. The van der Waals surface area contributed by atoms with E-state index in [4.69, 9.17) is 0 Å². The van der Waals surface area contributed by atoms with Gasteiger partial charge in [-0.1, -0.05) is 12.8 Å². The van der Waals surface area contributed by atoms with Crippen molar-refractivity contribution in [3.05, 3.63) is 11.9 Å². The topological polar surface area (TPSA) is 31.9 Å². The molecule has 0 unspecified atom stereocenters. The molecule has 13 heavy (non-hydrogen) atoms. The first kappa shape index (κ1) is 8.60. The van der Waals surface area contributed by atoms with Gasteiger partial charge in [0.2, 0.25) is 5.95 Å². The number of hydrogen-bond acceptors (Lipinski definition) is 2. The molecule has 3 heteroatoms. The van der Waals surface area contributed by atoms with Gasteiger partial charge in [-0.25, -0.2) is 4.98 Å². The van der Waals surface area contributed by atoms with Crippen LogP contribution in [0.3, 0.4) is 0 Å². The van der Waals surface area contributed by atoms with Crippen molar-refractivity contribution in [1.82, 2.24) is 9.97 Å². The van der Waals surface area contributed by atoms with Crippen molar-refractivity contribution >= 4 is 5.95 Å². The van der Waals surface area contributed by atoms with E-state index in [9.17, 15) is 0 Å². The van der Waals surface area contributed by atoms with Crippen molar-refractivity contribution in [3.63, 3.8) is 0 Å². The minimum atomic E-state index is 0.700. The van der Waals surface area contributed by atoms with Crippen molar-refractivity contribution in [1.29, 1.82) is 0 Å². The zero-order valence-corrected chi connectivity index (χ0v) is 8.38. The molecule has 1 aromatic heterocycles. The second-order valence-electron chi connectivity index (χ2n) is 3.94. The van der Waals surface area contributed by atoms with Crippen LogP contribution >= 0.6 is 0 Å². The van der Waals surface area contributed by atoms with Crippen LogP contribution in [0, 0.1) is 6.92 Å². The highest BCUT2D eigenvalue weighted by Crippen LogP contribution is 2.24. The van der Waals surface area contributed by atoms with Gasteiger partial charge in [-0.15, -0.1) is 0 Å². The molecule has 0 bridgehead atoms. The molecule has 1 aliphatic carbocycles. The van der Waals surface area contributed by atoms with Gasteiger partial charge in [-0.05, 0) is 19.8 Å². The van der Waals surface area contributed by atoms with Gasteiger partial charge in [-0.3, -0.25) is 0 Å². The van der Waals surface area contributed by atoms with Gasteiger partial charge in [0.25, 0.3) is 0 Å². The van der Waals surface area contributed by atoms with Gasteiger partial charge in [-0.2, -0.15) is 0 Å². The van der Waals surface area contributed by atoms with Crippen LogP contribution in [0.2, 0.25) is 0 Å². The van der Waals surface area contributed by atoms with Crippen molar-refractivity contribution in [2.75, 3.05) is 11.9 Å². The van der Waals surface area contributed by atoms with Crippen molar-refractivity contribution in [3.8, 4) is 0 Å². The Kier molecular flexibility index (Phi) is 2.25. The number of H-pyrrole nitrogens is 1. The van der Waals surface area contributed by atoms with Crippen LogP contribution in [0.25, 0.3) is 0 Å². The van der Waals surface area contributed by atoms with E-state index in [2.05, 4.69) is 21.9 Å². The maximum Gasteiger partial charge on any atom is 0.202 e. The second kappa shape index (κ2) is 3.40. The molecule has 3 nitrogen and oxygen atoms in total. The highest BCUT2D eigenvalue weighted by atomic mass is 15.3. The second-order valence-corrected chi connectivity index (χ2v) is 3.94. The number of rotatable bonds is 2. The highest BCUT2D eigenvalue weighted by Gasteiger charge is 2.20. The Labute approximate surface area is 79.2 Å². The van der Waals surface area contributed by atoms with Gasteiger partial charge >= 0.3 is 0 Å². The summed E-state index contributed by atoms with van der Waals surface area (Å²) < 4.78 is 0. The quantitative estimate of drug-likeness (QED) is 0.754. The monoisotopic (exact) mass is 179 g/mol. The molecule has 0 saturated heterocycles. The van der Waals surface area contributed by atoms with E-state index < -0.39 is 0 Å². The Hall–Kier alpha value is -0.990. The average Bonchev–Trinajstić information content (AvgIpc) is 2.72. The van der Waals surface area contributed by atoms with Crippen molar-refractivity contribution in [2.45, 2.75) is 38.6 Å². The van der Waals surface area contributed by atoms with Gasteiger partial charge in [0.15, 0.2) is 0 Å². The summed E-state index contributed by atoms with van der Waals surface area (Å²) >= 11 is 0. The molecular weight excluding hydrogens is 162 g/mol. The molecule has 1 fully saturated rings. The van der Waals surface area contributed by atoms with Gasteiger partial charge in [0, 0.05) is 25.0 Å². The summed E-state index contributed by atoms with van der Waals surface area (Å²) in [5.74, 6) is 1.02. The minimum Gasteiger partial charge on any atom is -0.343 e. The third-order valence-corrected chi connectivity index (χ3v) is 2.90. The normalized spacial score (nSPS) is 18.0. The number of nitrogens with zero attached hydrogens (tertiary/aromatic N) is 2. The summed E-state index contributed by atoms with van der Waals surface area (Å²) in [4.78, 5) is 9.88. The number of imidazole rings is 1. The van der Waals surface area contributed by atoms with Gasteiger partial charge in [0.1, 0.15) is 0 Å². The molecule has 0 aromatic carbocycles. The fraction of sp³-hybridized carbons (Fsp3) is 0.700. The van der Waals surface area contributed by atoms with Crippen molar-refractivity contribution in [2.24, 2.45) is 0 Å². The van der Waals surface area contributed by atoms with E-state index in [0.717, 1.165) is 11.6 Å². The summed E-state index contributed by atoms with van der Waals surface area (Å²) in [5.41, 5.74) is 1.14. The zero-order valence-electron chi connectivity index (χ0n) is 8.38. The fourth-order valence-electron chi connectivity index (χ4n) is 2.04. The molecule has 0 amide bonds. The molecule has 0 atom stereocenters. The molecule has 0 aliphatic heterocycles. The van der Waals surface area contributed by atoms with Crippen LogP contribution in [0.1, 0.15) is 31.4 Å². The predicted octanol–water partition coefficient (Wildman–Crippen LogP) is 2.10. The zero-order chi connectivity index (χ0) is 9.26. The third kappa shape index (κ3) is 1.69. The fourth-order valence-corrected chi connectivity index (χ4v) is 2.04. The summed E-state index contributed by atoms with van der Waals surface area (Å²) in [6, 6.07) is 0.700. The third-order valence-electron chi connectivity index (χ3n) is 2.90. The molecule has 1 aromatic rings. The SMILES string of the molecule is Cc1cnc(N(C)C2CCCC2)[nH]1. The molecular formula is C10H17N3. The molecule has 1 saturated carbocycles. The van der Waals surface area contributed by atoms with Crippen LogP contribution in [0.5, 0.6) is 0 Å². The first-order chi connectivity index (χ1) is 6.27. The number of nitrogens with one attached hydrogen (secondary N) is 1. The number of hydrogen-bond donors (Lipinski definition) is 1. The molecule has 72 valence electrons. The summed E-state index contributed by atoms with van der Waals surface area (Å²) in [6.45, 7) is 2.04. The summed E-state index contributed by atoms with van der Waals surface area (Å²) in [7, 11) is 2.13. The largest absolute Gasteiger partial charge is 0.343 e. The van der Waals surface area contributed by atoms with Gasteiger partial charge < -0.3 is 9.88 Å². The van der Waals surface area contributed by atoms with Crippen LogP contribution in [-0.4, -0.2) is 23.1 Å². The number of anilines is 1. The molecule has 0 spiro atoms. The average molecular weight is 179 g/mol. The Morgan fingerprint density at radius 1 is 1.46 bits per heavy atom. The molecule has 2 rings (SSSR count). The Morgan fingerprint density at radius 3 is 2.69 bits per heavy atom. The Balaban J connectivity index is 2.07. The lowest BCUT2D eigenvalue weighted by atomic mass is 10.2. The summed E-state index contributed by atoms with van der Waals surface area (Å²) in [5, 5.41) is 0. The van der Waals surface area contributed by atoms with E-state index in [1.54, 1.807) is 0 Å². The minimum absolute atomic E-state index is 0.700. The van der Waals surface area contributed by atoms with Crippen LogP contribution in [-0.2, 0) is 0 Å². The standard InChI is InChI=1S/C10H17N3/c1-8-7-11-10(12-8)13(2)9-5-3-4-6-9/h7,9H,3-6H2,1-2H3,(H,11,12).